The van der Waals surface area contributed by atoms with E-state index >= 15 is 0 Å². The molecule has 2 aromatic carbocycles. The molecule has 24 heavy (non-hydrogen) atoms. The van der Waals surface area contributed by atoms with Gasteiger partial charge in [-0.15, -0.1) is 49.6 Å². The van der Waals surface area contributed by atoms with Gasteiger partial charge in [-0.25, -0.2) is 0 Å². The molecule has 0 aliphatic carbocycles. The first-order valence-electron chi connectivity index (χ1n) is 6.12. The number of nitrogens with two attached hydrogens (primary N) is 4. The Morgan fingerprint density at radius 3 is 1.25 bits per heavy atom. The van der Waals surface area contributed by atoms with Crippen LogP contribution in [0, 0.1) is 0 Å². The molecule has 0 aliphatic heterocycles. The predicted octanol–water partition coefficient (Wildman–Crippen LogP) is 3.16. The number of benzene rings is 2. The van der Waals surface area contributed by atoms with Crippen LogP contribution in [0.4, 0.5) is 22.7 Å². The van der Waals surface area contributed by atoms with Gasteiger partial charge in [-0.1, -0.05) is 0 Å². The Kier molecular flexibility index (Phi) is 14.5. The molecule has 0 bridgehead atoms. The highest BCUT2D eigenvalue weighted by Crippen LogP contribution is 2.25. The zero-order chi connectivity index (χ0) is 14.5. The zero-order valence-corrected chi connectivity index (χ0v) is 15.9. The monoisotopic (exact) mass is 418 g/mol. The molecule has 0 unspecified atom stereocenters. The molecule has 0 aromatic heterocycles. The predicted molar refractivity (Wildman–Crippen MR) is 111 cm³/mol. The van der Waals surface area contributed by atoms with E-state index in [9.17, 15) is 0 Å². The van der Waals surface area contributed by atoms with Crippen molar-refractivity contribution in [3.63, 3.8) is 0 Å². The van der Waals surface area contributed by atoms with Crippen molar-refractivity contribution in [2.45, 2.75) is 0 Å². The smallest absolute Gasteiger partial charge is 0.144 e. The van der Waals surface area contributed by atoms with Crippen LogP contribution in [0.25, 0.3) is 0 Å². The van der Waals surface area contributed by atoms with E-state index in [-0.39, 0.29) is 49.6 Å². The Bertz CT molecular complexity index is 564. The zero-order valence-electron chi connectivity index (χ0n) is 12.6. The summed E-state index contributed by atoms with van der Waals surface area (Å²) in [4.78, 5) is 0. The third-order valence-electron chi connectivity index (χ3n) is 2.67. The molecule has 2 rings (SSSR count). The minimum atomic E-state index is 0. The molecule has 0 atom stereocenters. The lowest BCUT2D eigenvalue weighted by Crippen LogP contribution is -2.11. The second kappa shape index (κ2) is 12.8. The van der Waals surface area contributed by atoms with Crippen LogP contribution in [-0.2, 0) is 0 Å². The molecule has 10 heteroatoms. The number of nitrogen functional groups attached to an aromatic ring is 4. The van der Waals surface area contributed by atoms with E-state index in [1.54, 1.807) is 36.4 Å². The molecule has 8 N–H and O–H groups in total. The van der Waals surface area contributed by atoms with Crippen LogP contribution >= 0.6 is 49.6 Å². The fraction of sp³-hybridized carbons (Fsp3) is 0.143. The van der Waals surface area contributed by atoms with Gasteiger partial charge >= 0.3 is 0 Å². The van der Waals surface area contributed by atoms with Crippen molar-refractivity contribution in [1.82, 2.24) is 0 Å². The van der Waals surface area contributed by atoms with Gasteiger partial charge in [0.25, 0.3) is 0 Å². The van der Waals surface area contributed by atoms with Crippen LogP contribution in [0.2, 0.25) is 0 Å². The van der Waals surface area contributed by atoms with Crippen molar-refractivity contribution in [3.05, 3.63) is 36.4 Å². The van der Waals surface area contributed by atoms with Crippen molar-refractivity contribution < 1.29 is 9.47 Å². The fourth-order valence-corrected chi connectivity index (χ4v) is 1.66. The highest BCUT2D eigenvalue weighted by molar-refractivity contribution is 5.86. The van der Waals surface area contributed by atoms with E-state index in [1.165, 1.54) is 0 Å². The van der Waals surface area contributed by atoms with E-state index in [4.69, 9.17) is 32.4 Å². The van der Waals surface area contributed by atoms with Crippen LogP contribution < -0.4 is 32.4 Å². The molecule has 0 amide bonds. The van der Waals surface area contributed by atoms with Crippen LogP contribution in [0.5, 0.6) is 11.5 Å². The minimum Gasteiger partial charge on any atom is -0.488 e. The number of halogens is 4. The second-order valence-corrected chi connectivity index (χ2v) is 4.29. The van der Waals surface area contributed by atoms with Crippen LogP contribution in [0.1, 0.15) is 0 Å². The Morgan fingerprint density at radius 2 is 0.917 bits per heavy atom. The summed E-state index contributed by atoms with van der Waals surface area (Å²) in [5.74, 6) is 1.07. The van der Waals surface area contributed by atoms with Crippen molar-refractivity contribution >= 4 is 72.4 Å². The first-order valence-corrected chi connectivity index (χ1v) is 6.12. The van der Waals surface area contributed by atoms with Crippen LogP contribution in [-0.4, -0.2) is 13.2 Å². The van der Waals surface area contributed by atoms with E-state index in [2.05, 4.69) is 0 Å². The molecule has 6 nitrogen and oxygen atoms in total. The standard InChI is InChI=1S/C14H18N4O2.4ClH/c15-9-1-3-11(17)13(7-9)19-5-6-20-14-8-10(16)2-4-12(14)18;;;;/h1-4,7-8H,5-6,15-18H2;4*1H. The SMILES string of the molecule is Cl.Cl.Cl.Cl.Nc1ccc(N)c(OCCOc2cc(N)ccc2N)c1. The molecule has 138 valence electrons. The third-order valence-corrected chi connectivity index (χ3v) is 2.67. The summed E-state index contributed by atoms with van der Waals surface area (Å²) in [6.07, 6.45) is 0. The molecule has 0 fully saturated rings. The second-order valence-electron chi connectivity index (χ2n) is 4.29. The summed E-state index contributed by atoms with van der Waals surface area (Å²) < 4.78 is 11.0. The van der Waals surface area contributed by atoms with Gasteiger partial charge in [0.1, 0.15) is 24.7 Å². The Labute approximate surface area is 165 Å². The van der Waals surface area contributed by atoms with Crippen molar-refractivity contribution in [3.8, 4) is 11.5 Å². The summed E-state index contributed by atoms with van der Waals surface area (Å²) in [5, 5.41) is 0. The van der Waals surface area contributed by atoms with Gasteiger partial charge in [-0.05, 0) is 24.3 Å². The Hall–Kier alpha value is -1.60. The Morgan fingerprint density at radius 1 is 0.583 bits per heavy atom. The van der Waals surface area contributed by atoms with Gasteiger partial charge in [0, 0.05) is 23.5 Å². The lowest BCUT2D eigenvalue weighted by Gasteiger charge is -2.12. The summed E-state index contributed by atoms with van der Waals surface area (Å²) in [5.41, 5.74) is 25.1. The largest absolute Gasteiger partial charge is 0.488 e. The lowest BCUT2D eigenvalue weighted by molar-refractivity contribution is 0.219. The molecule has 0 saturated carbocycles. The molecule has 0 radical (unpaired) electrons. The first-order chi connectivity index (χ1) is 9.56. The third kappa shape index (κ3) is 7.79. The average Bonchev–Trinajstić information content (AvgIpc) is 2.42. The summed E-state index contributed by atoms with van der Waals surface area (Å²) >= 11 is 0. The van der Waals surface area contributed by atoms with E-state index in [1.807, 2.05) is 0 Å². The first kappa shape index (κ1) is 27.3. The van der Waals surface area contributed by atoms with Gasteiger partial charge in [0.15, 0.2) is 0 Å². The van der Waals surface area contributed by atoms with E-state index in [0.29, 0.717) is 47.5 Å². The van der Waals surface area contributed by atoms with Gasteiger partial charge in [-0.3, -0.25) is 0 Å². The Balaban J connectivity index is -0.00000110. The quantitative estimate of drug-likeness (QED) is 0.436. The van der Waals surface area contributed by atoms with E-state index in [0.717, 1.165) is 0 Å². The molecule has 0 spiro atoms. The molecular weight excluding hydrogens is 398 g/mol. The van der Waals surface area contributed by atoms with Crippen LogP contribution in [0.15, 0.2) is 36.4 Å². The highest BCUT2D eigenvalue weighted by atomic mass is 35.5. The highest BCUT2D eigenvalue weighted by Gasteiger charge is 2.03. The van der Waals surface area contributed by atoms with Gasteiger partial charge in [0.05, 0.1) is 11.4 Å². The maximum atomic E-state index is 5.77. The normalized spacial score (nSPS) is 8.50. The van der Waals surface area contributed by atoms with Crippen molar-refractivity contribution in [2.75, 3.05) is 36.1 Å². The number of ether oxygens (including phenoxy) is 2. The topological polar surface area (TPSA) is 123 Å². The minimum absolute atomic E-state index is 0. The molecule has 2 aromatic rings. The van der Waals surface area contributed by atoms with Crippen molar-refractivity contribution in [1.29, 1.82) is 0 Å². The number of hydrogen-bond acceptors (Lipinski definition) is 6. The number of hydrogen-bond donors (Lipinski definition) is 4. The maximum absolute atomic E-state index is 5.77. The summed E-state index contributed by atoms with van der Waals surface area (Å²) in [6, 6.07) is 10.2. The fourth-order valence-electron chi connectivity index (χ4n) is 1.66. The molecule has 0 heterocycles. The van der Waals surface area contributed by atoms with E-state index < -0.39 is 0 Å². The molecular formula is C14H22Cl4N4O2. The van der Waals surface area contributed by atoms with Gasteiger partial charge in [0.2, 0.25) is 0 Å². The van der Waals surface area contributed by atoms with Crippen molar-refractivity contribution in [2.24, 2.45) is 0 Å². The van der Waals surface area contributed by atoms with Gasteiger partial charge < -0.3 is 32.4 Å². The summed E-state index contributed by atoms with van der Waals surface area (Å²) in [6.45, 7) is 0.643. The number of anilines is 4. The van der Waals surface area contributed by atoms with Crippen LogP contribution in [0.3, 0.4) is 0 Å². The lowest BCUT2D eigenvalue weighted by atomic mass is 10.2. The molecule has 0 aliphatic rings. The summed E-state index contributed by atoms with van der Waals surface area (Å²) in [7, 11) is 0. The average molecular weight is 420 g/mol. The maximum Gasteiger partial charge on any atom is 0.144 e. The number of rotatable bonds is 5. The molecule has 0 saturated heterocycles. The van der Waals surface area contributed by atoms with Gasteiger partial charge in [-0.2, -0.15) is 0 Å².